The van der Waals surface area contributed by atoms with Crippen LogP contribution in [-0.4, -0.2) is 23.8 Å². The van der Waals surface area contributed by atoms with E-state index in [1.54, 1.807) is 18.2 Å². The summed E-state index contributed by atoms with van der Waals surface area (Å²) in [5.41, 5.74) is 4.99. The lowest BCUT2D eigenvalue weighted by Crippen LogP contribution is -2.34. The minimum absolute atomic E-state index is 0.0749. The summed E-state index contributed by atoms with van der Waals surface area (Å²) >= 11 is 2.10. The van der Waals surface area contributed by atoms with E-state index >= 15 is 0 Å². The number of nitrogens with one attached hydrogen (secondary N) is 1. The zero-order valence-corrected chi connectivity index (χ0v) is 17.5. The number of hydrogen-bond donors (Lipinski definition) is 2. The molecule has 4 rings (SSSR count). The molecule has 6 heteroatoms. The number of amides is 1. The number of carboxylic acids is 1. The second-order valence-electron chi connectivity index (χ2n) is 6.80. The number of rotatable bonds is 5. The predicted octanol–water partition coefficient (Wildman–Crippen LogP) is 4.96. The van der Waals surface area contributed by atoms with Gasteiger partial charge in [0.25, 0.3) is 0 Å². The number of carboxylic acid groups (broad SMARTS) is 1. The van der Waals surface area contributed by atoms with Gasteiger partial charge in [-0.25, -0.2) is 9.59 Å². The van der Waals surface area contributed by atoms with E-state index < -0.39 is 18.1 Å². The normalized spacial score (nSPS) is 13.3. The fourth-order valence-electron chi connectivity index (χ4n) is 3.73. The Bertz CT molecular complexity index is 1040. The SMILES string of the molecule is O=C(NC(C(=O)O)c1cccc(I)c1)OCC1c2ccccc2-c2ccccc21. The van der Waals surface area contributed by atoms with E-state index in [0.717, 1.165) is 25.8 Å². The first-order valence-corrected chi connectivity index (χ1v) is 10.2. The molecule has 1 aliphatic rings. The highest BCUT2D eigenvalue weighted by Crippen LogP contribution is 2.44. The van der Waals surface area contributed by atoms with Crippen LogP contribution in [0.3, 0.4) is 0 Å². The summed E-state index contributed by atoms with van der Waals surface area (Å²) in [6.07, 6.45) is -0.752. The second kappa shape index (κ2) is 8.24. The van der Waals surface area contributed by atoms with Crippen LogP contribution < -0.4 is 5.32 Å². The van der Waals surface area contributed by atoms with Crippen molar-refractivity contribution in [1.29, 1.82) is 0 Å². The second-order valence-corrected chi connectivity index (χ2v) is 8.04. The van der Waals surface area contributed by atoms with Crippen molar-refractivity contribution in [2.45, 2.75) is 12.0 Å². The minimum atomic E-state index is -1.17. The highest BCUT2D eigenvalue weighted by atomic mass is 127. The monoisotopic (exact) mass is 499 g/mol. The Kier molecular flexibility index (Phi) is 5.53. The van der Waals surface area contributed by atoms with Crippen LogP contribution in [0.1, 0.15) is 28.7 Å². The van der Waals surface area contributed by atoms with E-state index in [0.29, 0.717) is 5.56 Å². The number of carbonyl (C=O) groups is 2. The maximum absolute atomic E-state index is 12.4. The van der Waals surface area contributed by atoms with Crippen molar-refractivity contribution in [2.75, 3.05) is 6.61 Å². The smallest absolute Gasteiger partial charge is 0.408 e. The van der Waals surface area contributed by atoms with E-state index in [9.17, 15) is 14.7 Å². The largest absolute Gasteiger partial charge is 0.479 e. The number of ether oxygens (including phenoxy) is 1. The molecule has 0 fully saturated rings. The van der Waals surface area contributed by atoms with Crippen molar-refractivity contribution in [3.8, 4) is 11.1 Å². The van der Waals surface area contributed by atoms with Crippen LogP contribution in [0.2, 0.25) is 0 Å². The van der Waals surface area contributed by atoms with Crippen molar-refractivity contribution in [2.24, 2.45) is 0 Å². The molecule has 0 radical (unpaired) electrons. The van der Waals surface area contributed by atoms with Crippen molar-refractivity contribution in [3.63, 3.8) is 0 Å². The molecular formula is C23H18INO4. The zero-order chi connectivity index (χ0) is 20.4. The van der Waals surface area contributed by atoms with Crippen LogP contribution >= 0.6 is 22.6 Å². The van der Waals surface area contributed by atoms with Gasteiger partial charge < -0.3 is 15.2 Å². The van der Waals surface area contributed by atoms with Crippen LogP contribution in [0, 0.1) is 3.57 Å². The average molecular weight is 499 g/mol. The van der Waals surface area contributed by atoms with Gasteiger partial charge >= 0.3 is 12.1 Å². The fraction of sp³-hybridized carbons (Fsp3) is 0.130. The van der Waals surface area contributed by atoms with Gasteiger partial charge in [0, 0.05) is 9.49 Å². The third-order valence-electron chi connectivity index (χ3n) is 5.03. The van der Waals surface area contributed by atoms with Gasteiger partial charge in [-0.3, -0.25) is 0 Å². The number of halogens is 1. The van der Waals surface area contributed by atoms with Gasteiger partial charge in [0.2, 0.25) is 0 Å². The Morgan fingerprint density at radius 3 is 2.17 bits per heavy atom. The van der Waals surface area contributed by atoms with E-state index in [2.05, 4.69) is 40.0 Å². The molecule has 146 valence electrons. The molecule has 1 amide bonds. The van der Waals surface area contributed by atoms with Crippen molar-refractivity contribution >= 4 is 34.7 Å². The zero-order valence-electron chi connectivity index (χ0n) is 15.3. The Labute approximate surface area is 181 Å². The Morgan fingerprint density at radius 2 is 1.59 bits per heavy atom. The van der Waals surface area contributed by atoms with Crippen molar-refractivity contribution in [1.82, 2.24) is 5.32 Å². The Morgan fingerprint density at radius 1 is 0.966 bits per heavy atom. The van der Waals surface area contributed by atoms with Crippen LogP contribution in [-0.2, 0) is 9.53 Å². The molecule has 1 unspecified atom stereocenters. The van der Waals surface area contributed by atoms with E-state index in [1.807, 2.05) is 42.5 Å². The molecule has 3 aromatic carbocycles. The van der Waals surface area contributed by atoms with Gasteiger partial charge in [-0.05, 0) is 62.5 Å². The van der Waals surface area contributed by atoms with Crippen LogP contribution in [0.4, 0.5) is 4.79 Å². The first kappa shape index (κ1) is 19.4. The summed E-state index contributed by atoms with van der Waals surface area (Å²) in [5, 5.41) is 12.0. The number of hydrogen-bond acceptors (Lipinski definition) is 3. The first-order chi connectivity index (χ1) is 14.0. The maximum atomic E-state index is 12.4. The standard InChI is InChI=1S/C23H18INO4/c24-15-7-5-6-14(12-15)21(22(26)27)25-23(28)29-13-20-18-10-3-1-8-16(18)17-9-2-4-11-19(17)20/h1-12,20-21H,13H2,(H,25,28)(H,26,27). The first-order valence-electron chi connectivity index (χ1n) is 9.14. The summed E-state index contributed by atoms with van der Waals surface area (Å²) in [4.78, 5) is 24.1. The summed E-state index contributed by atoms with van der Waals surface area (Å²) in [7, 11) is 0. The molecule has 3 aromatic rings. The summed E-state index contributed by atoms with van der Waals surface area (Å²) < 4.78 is 6.35. The van der Waals surface area contributed by atoms with Gasteiger partial charge in [0.05, 0.1) is 0 Å². The quantitative estimate of drug-likeness (QED) is 0.487. The lowest BCUT2D eigenvalue weighted by molar-refractivity contribution is -0.139. The molecular weight excluding hydrogens is 481 g/mol. The Hall–Kier alpha value is -2.87. The number of carbonyl (C=O) groups excluding carboxylic acids is 1. The molecule has 5 nitrogen and oxygen atoms in total. The van der Waals surface area contributed by atoms with Crippen molar-refractivity contribution in [3.05, 3.63) is 93.1 Å². The highest BCUT2D eigenvalue weighted by molar-refractivity contribution is 14.1. The molecule has 1 aliphatic carbocycles. The molecule has 29 heavy (non-hydrogen) atoms. The molecule has 1 atom stereocenters. The Balaban J connectivity index is 1.49. The van der Waals surface area contributed by atoms with E-state index in [-0.39, 0.29) is 12.5 Å². The molecule has 0 aromatic heterocycles. The number of aliphatic carboxylic acids is 1. The van der Waals surface area contributed by atoms with E-state index in [4.69, 9.17) is 4.74 Å². The lowest BCUT2D eigenvalue weighted by atomic mass is 9.98. The maximum Gasteiger partial charge on any atom is 0.408 e. The lowest BCUT2D eigenvalue weighted by Gasteiger charge is -2.18. The molecule has 0 saturated heterocycles. The van der Waals surface area contributed by atoms with Gasteiger partial charge in [0.1, 0.15) is 6.61 Å². The summed E-state index contributed by atoms with van der Waals surface area (Å²) in [5.74, 6) is -1.21. The summed E-state index contributed by atoms with van der Waals surface area (Å²) in [6, 6.07) is 22.0. The topological polar surface area (TPSA) is 75.6 Å². The number of fused-ring (bicyclic) bond motifs is 3. The van der Waals surface area contributed by atoms with Crippen LogP contribution in [0.15, 0.2) is 72.8 Å². The predicted molar refractivity (Wildman–Crippen MR) is 118 cm³/mol. The molecule has 2 N–H and O–H groups in total. The number of benzene rings is 3. The molecule has 0 spiro atoms. The van der Waals surface area contributed by atoms with Gasteiger partial charge in [-0.2, -0.15) is 0 Å². The van der Waals surface area contributed by atoms with Crippen LogP contribution in [0.25, 0.3) is 11.1 Å². The molecule has 0 aliphatic heterocycles. The van der Waals surface area contributed by atoms with Crippen molar-refractivity contribution < 1.29 is 19.4 Å². The third kappa shape index (κ3) is 3.98. The van der Waals surface area contributed by atoms with Gasteiger partial charge in [-0.1, -0.05) is 60.7 Å². The van der Waals surface area contributed by atoms with Gasteiger partial charge in [0.15, 0.2) is 6.04 Å². The third-order valence-corrected chi connectivity index (χ3v) is 5.71. The average Bonchev–Trinajstić information content (AvgIpc) is 3.04. The minimum Gasteiger partial charge on any atom is -0.479 e. The van der Waals surface area contributed by atoms with Gasteiger partial charge in [-0.15, -0.1) is 0 Å². The molecule has 0 heterocycles. The van der Waals surface area contributed by atoms with Crippen LogP contribution in [0.5, 0.6) is 0 Å². The molecule has 0 bridgehead atoms. The summed E-state index contributed by atoms with van der Waals surface area (Å²) in [6.45, 7) is 0.137. The number of alkyl carbamates (subject to hydrolysis) is 1. The fourth-order valence-corrected chi connectivity index (χ4v) is 4.30. The van der Waals surface area contributed by atoms with E-state index in [1.165, 1.54) is 0 Å². The highest BCUT2D eigenvalue weighted by Gasteiger charge is 2.30. The molecule has 0 saturated carbocycles.